The van der Waals surface area contributed by atoms with E-state index in [4.69, 9.17) is 4.74 Å². The molecule has 6 heteroatoms. The number of methoxy groups -OCH3 is 1. The van der Waals surface area contributed by atoms with E-state index in [1.165, 1.54) is 11.1 Å². The molecular formula is C27H33N3O3. The van der Waals surface area contributed by atoms with Crippen molar-refractivity contribution in [1.29, 1.82) is 0 Å². The third-order valence-corrected chi connectivity index (χ3v) is 7.71. The first-order valence-corrected chi connectivity index (χ1v) is 12.2. The molecule has 33 heavy (non-hydrogen) atoms. The summed E-state index contributed by atoms with van der Waals surface area (Å²) in [5.41, 5.74) is 3.04. The Morgan fingerprint density at radius 1 is 1.06 bits per heavy atom. The molecule has 1 unspecified atom stereocenters. The highest BCUT2D eigenvalue weighted by molar-refractivity contribution is 6.14. The van der Waals surface area contributed by atoms with Crippen molar-refractivity contribution in [3.05, 3.63) is 59.7 Å². The molecule has 2 amide bonds. The summed E-state index contributed by atoms with van der Waals surface area (Å²) in [5.74, 6) is 0.813. The molecule has 1 N–H and O–H groups in total. The van der Waals surface area contributed by atoms with Crippen LogP contribution < -0.4 is 15.0 Å². The monoisotopic (exact) mass is 447 g/mol. The molecule has 6 nitrogen and oxygen atoms in total. The number of nitrogens with zero attached hydrogens (tertiary/aromatic N) is 2. The zero-order chi connectivity index (χ0) is 22.8. The number of fused-ring (bicyclic) bond motifs is 1. The zero-order valence-electron chi connectivity index (χ0n) is 19.4. The number of hydrogen-bond acceptors (Lipinski definition) is 4. The van der Waals surface area contributed by atoms with E-state index in [-0.39, 0.29) is 11.8 Å². The summed E-state index contributed by atoms with van der Waals surface area (Å²) in [6.45, 7) is 3.35. The average Bonchev–Trinajstić information content (AvgIpc) is 2.87. The van der Waals surface area contributed by atoms with Crippen LogP contribution in [-0.2, 0) is 22.6 Å². The maximum atomic E-state index is 13.4. The van der Waals surface area contributed by atoms with Gasteiger partial charge in [-0.1, -0.05) is 43.5 Å². The van der Waals surface area contributed by atoms with Crippen LogP contribution in [0.4, 0.5) is 5.69 Å². The minimum Gasteiger partial charge on any atom is -0.497 e. The summed E-state index contributed by atoms with van der Waals surface area (Å²) in [6.07, 6.45) is 5.83. The molecular weight excluding hydrogens is 414 g/mol. The minimum absolute atomic E-state index is 0.0234. The Balaban J connectivity index is 1.26. The van der Waals surface area contributed by atoms with Gasteiger partial charge in [-0.15, -0.1) is 0 Å². The van der Waals surface area contributed by atoms with Crippen molar-refractivity contribution in [3.8, 4) is 5.75 Å². The van der Waals surface area contributed by atoms with Gasteiger partial charge in [0.25, 0.3) is 0 Å². The van der Waals surface area contributed by atoms with Gasteiger partial charge >= 0.3 is 0 Å². The molecule has 174 valence electrons. The molecule has 2 aromatic carbocycles. The molecule has 2 aliphatic heterocycles. The standard InChI is InChI=1S/C27H33N3O3/c1-33-23-11-9-22(10-12-23)30-24(27(26(30)32)14-5-2-6-15-27)25(31)28-16-18-29-17-13-20-7-3-4-8-21(20)19-29/h3-4,7-12,24H,2,5-6,13-19H2,1H3,(H,28,31). The van der Waals surface area contributed by atoms with Crippen LogP contribution in [0.1, 0.15) is 43.2 Å². The molecule has 2 aromatic rings. The predicted molar refractivity (Wildman–Crippen MR) is 128 cm³/mol. The highest BCUT2D eigenvalue weighted by Gasteiger charge is 2.63. The smallest absolute Gasteiger partial charge is 0.244 e. The van der Waals surface area contributed by atoms with Gasteiger partial charge in [0.15, 0.2) is 0 Å². The first-order chi connectivity index (χ1) is 16.1. The summed E-state index contributed by atoms with van der Waals surface area (Å²) in [4.78, 5) is 30.9. The van der Waals surface area contributed by atoms with E-state index in [9.17, 15) is 9.59 Å². The van der Waals surface area contributed by atoms with E-state index in [1.807, 2.05) is 24.3 Å². The molecule has 0 aromatic heterocycles. The van der Waals surface area contributed by atoms with Crippen LogP contribution in [0.25, 0.3) is 0 Å². The number of nitrogens with one attached hydrogen (secondary N) is 1. The predicted octanol–water partition coefficient (Wildman–Crippen LogP) is 3.54. The van der Waals surface area contributed by atoms with Gasteiger partial charge in [0.05, 0.1) is 12.5 Å². The molecule has 2 heterocycles. The number of carbonyl (C=O) groups is 2. The molecule has 0 radical (unpaired) electrons. The molecule has 1 atom stereocenters. The SMILES string of the molecule is COc1ccc(N2C(=O)C3(CCCCC3)C2C(=O)NCCN2CCc3ccccc3C2)cc1. The quantitative estimate of drug-likeness (QED) is 0.688. The van der Waals surface area contributed by atoms with Crippen molar-refractivity contribution in [2.24, 2.45) is 5.41 Å². The van der Waals surface area contributed by atoms with Crippen molar-refractivity contribution in [2.75, 3.05) is 31.6 Å². The lowest BCUT2D eigenvalue weighted by Gasteiger charge is -2.56. The second kappa shape index (κ2) is 9.18. The van der Waals surface area contributed by atoms with Gasteiger partial charge in [0.1, 0.15) is 11.8 Å². The van der Waals surface area contributed by atoms with E-state index in [0.717, 1.165) is 69.6 Å². The Kier molecular flexibility index (Phi) is 6.11. The minimum atomic E-state index is -0.535. The molecule has 1 saturated carbocycles. The Morgan fingerprint density at radius 2 is 1.79 bits per heavy atom. The van der Waals surface area contributed by atoms with Crippen LogP contribution in [0.5, 0.6) is 5.75 Å². The summed E-state index contributed by atoms with van der Waals surface area (Å²) < 4.78 is 5.26. The number of anilines is 1. The van der Waals surface area contributed by atoms with E-state index in [0.29, 0.717) is 6.54 Å². The highest BCUT2D eigenvalue weighted by Crippen LogP contribution is 2.51. The van der Waals surface area contributed by atoms with Crippen LogP contribution in [0.15, 0.2) is 48.5 Å². The molecule has 2 fully saturated rings. The normalized spacial score (nSPS) is 21.9. The third kappa shape index (κ3) is 4.01. The lowest BCUT2D eigenvalue weighted by Crippen LogP contribution is -2.74. The number of β-lactam (4-membered cyclic amide) rings is 1. The zero-order valence-corrected chi connectivity index (χ0v) is 19.4. The van der Waals surface area contributed by atoms with Crippen molar-refractivity contribution in [1.82, 2.24) is 10.2 Å². The van der Waals surface area contributed by atoms with Gasteiger partial charge in [-0.3, -0.25) is 19.4 Å². The van der Waals surface area contributed by atoms with E-state index < -0.39 is 11.5 Å². The maximum Gasteiger partial charge on any atom is 0.244 e. The van der Waals surface area contributed by atoms with Gasteiger partial charge in [-0.2, -0.15) is 0 Å². The maximum absolute atomic E-state index is 13.4. The van der Waals surface area contributed by atoms with Gasteiger partial charge in [-0.25, -0.2) is 0 Å². The Morgan fingerprint density at radius 3 is 2.52 bits per heavy atom. The number of benzene rings is 2. The second-order valence-electron chi connectivity index (χ2n) is 9.58. The van der Waals surface area contributed by atoms with Crippen molar-refractivity contribution >= 4 is 17.5 Å². The number of carbonyl (C=O) groups excluding carboxylic acids is 2. The van der Waals surface area contributed by atoms with E-state index in [2.05, 4.69) is 34.5 Å². The molecule has 0 bridgehead atoms. The molecule has 5 rings (SSSR count). The topological polar surface area (TPSA) is 61.9 Å². The van der Waals surface area contributed by atoms with Crippen molar-refractivity contribution < 1.29 is 14.3 Å². The van der Waals surface area contributed by atoms with Gasteiger partial charge in [0.2, 0.25) is 11.8 Å². The molecule has 1 saturated heterocycles. The fraction of sp³-hybridized carbons (Fsp3) is 0.481. The number of rotatable bonds is 6. The van der Waals surface area contributed by atoms with E-state index >= 15 is 0 Å². The Bertz CT molecular complexity index is 1010. The van der Waals surface area contributed by atoms with Crippen LogP contribution >= 0.6 is 0 Å². The van der Waals surface area contributed by atoms with Crippen LogP contribution in [0.2, 0.25) is 0 Å². The third-order valence-electron chi connectivity index (χ3n) is 7.71. The number of ether oxygens (including phenoxy) is 1. The second-order valence-corrected chi connectivity index (χ2v) is 9.58. The van der Waals surface area contributed by atoms with Gasteiger partial charge < -0.3 is 10.1 Å². The number of amides is 2. The molecule has 3 aliphatic rings. The van der Waals surface area contributed by atoms with E-state index in [1.54, 1.807) is 12.0 Å². The Hall–Kier alpha value is -2.86. The summed E-state index contributed by atoms with van der Waals surface area (Å²) in [5, 5.41) is 3.17. The van der Waals surface area contributed by atoms with Crippen molar-refractivity contribution in [3.63, 3.8) is 0 Å². The lowest BCUT2D eigenvalue weighted by molar-refractivity contribution is -0.150. The van der Waals surface area contributed by atoms with Gasteiger partial charge in [0, 0.05) is 31.9 Å². The molecule has 1 aliphatic carbocycles. The Labute approximate surface area is 195 Å². The highest BCUT2D eigenvalue weighted by atomic mass is 16.5. The largest absolute Gasteiger partial charge is 0.497 e. The summed E-state index contributed by atoms with van der Waals surface area (Å²) in [7, 11) is 1.62. The first kappa shape index (κ1) is 22.0. The first-order valence-electron chi connectivity index (χ1n) is 12.2. The summed E-state index contributed by atoms with van der Waals surface area (Å²) >= 11 is 0. The fourth-order valence-corrected chi connectivity index (χ4v) is 5.88. The summed E-state index contributed by atoms with van der Waals surface area (Å²) in [6, 6.07) is 15.6. The van der Waals surface area contributed by atoms with Gasteiger partial charge in [-0.05, 0) is 54.7 Å². The lowest BCUT2D eigenvalue weighted by atomic mass is 9.61. The average molecular weight is 448 g/mol. The number of hydrogen-bond donors (Lipinski definition) is 1. The van der Waals surface area contributed by atoms with Crippen molar-refractivity contribution in [2.45, 2.75) is 51.1 Å². The van der Waals surface area contributed by atoms with Crippen LogP contribution in [0, 0.1) is 5.41 Å². The fourth-order valence-electron chi connectivity index (χ4n) is 5.88. The van der Waals surface area contributed by atoms with Crippen LogP contribution in [-0.4, -0.2) is 49.5 Å². The molecule has 1 spiro atoms. The van der Waals surface area contributed by atoms with Crippen LogP contribution in [0.3, 0.4) is 0 Å².